The fourth-order valence-corrected chi connectivity index (χ4v) is 4.14. The lowest BCUT2D eigenvalue weighted by atomic mass is 10.2. The van der Waals surface area contributed by atoms with E-state index < -0.39 is 39.1 Å². The van der Waals surface area contributed by atoms with Gasteiger partial charge in [-0.05, 0) is 49.5 Å². The number of nitrogens with one attached hydrogen (secondary N) is 2. The second-order valence-corrected chi connectivity index (χ2v) is 9.00. The Bertz CT molecular complexity index is 1020. The van der Waals surface area contributed by atoms with Crippen LogP contribution < -0.4 is 14.9 Å². The van der Waals surface area contributed by atoms with Crippen LogP contribution in [-0.2, 0) is 21.0 Å². The molecule has 1 aliphatic rings. The minimum absolute atomic E-state index is 0.487. The topological polar surface area (TPSA) is 81.8 Å². The van der Waals surface area contributed by atoms with Crippen LogP contribution in [-0.4, -0.2) is 59.0 Å². The third kappa shape index (κ3) is 6.18. The highest BCUT2D eigenvalue weighted by molar-refractivity contribution is 7.89. The fraction of sp³-hybridized carbons (Fsp3) is 0.350. The molecular weight excluding hydrogens is 433 g/mol. The first kappa shape index (κ1) is 23.0. The first-order valence-electron chi connectivity index (χ1n) is 9.55. The zero-order chi connectivity index (χ0) is 22.6. The maximum absolute atomic E-state index is 12.8. The molecule has 0 aromatic heterocycles. The number of piperazine rings is 1. The van der Waals surface area contributed by atoms with Crippen LogP contribution in [0.5, 0.6) is 0 Å². The number of hydrogen-bond donors (Lipinski definition) is 2. The molecule has 0 bridgehead atoms. The zero-order valence-corrected chi connectivity index (χ0v) is 17.6. The van der Waals surface area contributed by atoms with Crippen molar-refractivity contribution in [3.05, 3.63) is 54.1 Å². The molecular formula is C20H23F3N4O3S. The lowest BCUT2D eigenvalue weighted by molar-refractivity contribution is -0.137. The monoisotopic (exact) mass is 456 g/mol. The summed E-state index contributed by atoms with van der Waals surface area (Å²) in [5.74, 6) is -0.636. The van der Waals surface area contributed by atoms with Crippen LogP contribution in [0.25, 0.3) is 0 Å². The van der Waals surface area contributed by atoms with E-state index in [4.69, 9.17) is 0 Å². The van der Waals surface area contributed by atoms with Crippen molar-refractivity contribution in [2.45, 2.75) is 11.1 Å². The number of carbonyl (C=O) groups is 1. The molecule has 2 aromatic rings. The number of likely N-dealkylation sites (N-methyl/N-ethyl adjacent to an activating group) is 1. The van der Waals surface area contributed by atoms with Gasteiger partial charge in [-0.3, -0.25) is 4.79 Å². The summed E-state index contributed by atoms with van der Waals surface area (Å²) in [7, 11) is -2.21. The number of rotatable bonds is 6. The Kier molecular flexibility index (Phi) is 6.87. The highest BCUT2D eigenvalue weighted by Gasteiger charge is 2.31. The Morgan fingerprint density at radius 2 is 1.68 bits per heavy atom. The van der Waals surface area contributed by atoms with Gasteiger partial charge in [0.15, 0.2) is 0 Å². The fourth-order valence-electron chi connectivity index (χ4n) is 3.11. The van der Waals surface area contributed by atoms with Gasteiger partial charge in [-0.2, -0.15) is 13.2 Å². The number of anilines is 2. The van der Waals surface area contributed by atoms with E-state index in [9.17, 15) is 26.4 Å². The maximum atomic E-state index is 12.8. The van der Waals surface area contributed by atoms with Gasteiger partial charge in [-0.25, -0.2) is 13.1 Å². The van der Waals surface area contributed by atoms with E-state index in [2.05, 4.69) is 22.2 Å². The largest absolute Gasteiger partial charge is 0.416 e. The quantitative estimate of drug-likeness (QED) is 0.698. The van der Waals surface area contributed by atoms with Crippen molar-refractivity contribution in [1.29, 1.82) is 0 Å². The first-order valence-corrected chi connectivity index (χ1v) is 11.0. The summed E-state index contributed by atoms with van der Waals surface area (Å²) in [6.07, 6.45) is -4.67. The van der Waals surface area contributed by atoms with Gasteiger partial charge in [0.1, 0.15) is 0 Å². The summed E-state index contributed by atoms with van der Waals surface area (Å²) in [4.78, 5) is 16.0. The van der Waals surface area contributed by atoms with E-state index in [-0.39, 0.29) is 0 Å². The van der Waals surface area contributed by atoms with Crippen molar-refractivity contribution in [3.8, 4) is 0 Å². The average molecular weight is 456 g/mol. The molecule has 7 nitrogen and oxygen atoms in total. The van der Waals surface area contributed by atoms with Crippen LogP contribution in [0.4, 0.5) is 24.5 Å². The van der Waals surface area contributed by atoms with E-state index in [0.29, 0.717) is 11.8 Å². The molecule has 1 fully saturated rings. The van der Waals surface area contributed by atoms with Crippen molar-refractivity contribution in [2.75, 3.05) is 50.0 Å². The van der Waals surface area contributed by atoms with Crippen molar-refractivity contribution >= 4 is 27.3 Å². The molecule has 2 N–H and O–H groups in total. The number of benzene rings is 2. The molecule has 1 saturated heterocycles. The molecule has 0 saturated carbocycles. The minimum Gasteiger partial charge on any atom is -0.369 e. The Balaban J connectivity index is 1.56. The van der Waals surface area contributed by atoms with Crippen molar-refractivity contribution in [1.82, 2.24) is 9.62 Å². The molecule has 168 valence electrons. The Morgan fingerprint density at radius 1 is 1.03 bits per heavy atom. The van der Waals surface area contributed by atoms with Gasteiger partial charge in [0.05, 0.1) is 17.0 Å². The van der Waals surface area contributed by atoms with Crippen molar-refractivity contribution in [2.24, 2.45) is 0 Å². The van der Waals surface area contributed by atoms with E-state index in [1.54, 1.807) is 12.1 Å². The van der Waals surface area contributed by atoms with Crippen LogP contribution in [0.15, 0.2) is 53.4 Å². The summed E-state index contributed by atoms with van der Waals surface area (Å²) >= 11 is 0. The van der Waals surface area contributed by atoms with Gasteiger partial charge in [0.2, 0.25) is 15.9 Å². The Labute approximate surface area is 178 Å². The molecule has 0 atom stereocenters. The second kappa shape index (κ2) is 9.25. The van der Waals surface area contributed by atoms with Gasteiger partial charge < -0.3 is 15.1 Å². The van der Waals surface area contributed by atoms with Crippen LogP contribution >= 0.6 is 0 Å². The number of amides is 1. The SMILES string of the molecule is CN1CCN(c2ccc(NC(=O)CNS(=O)(=O)c3cccc(C(F)(F)F)c3)cc2)CC1. The van der Waals surface area contributed by atoms with Crippen LogP contribution in [0.3, 0.4) is 0 Å². The van der Waals surface area contributed by atoms with Gasteiger partial charge in [0, 0.05) is 37.6 Å². The highest BCUT2D eigenvalue weighted by Crippen LogP contribution is 2.30. The summed E-state index contributed by atoms with van der Waals surface area (Å²) in [5, 5.41) is 2.57. The number of halogens is 3. The second-order valence-electron chi connectivity index (χ2n) is 7.24. The highest BCUT2D eigenvalue weighted by atomic mass is 32.2. The smallest absolute Gasteiger partial charge is 0.369 e. The molecule has 3 rings (SSSR count). The summed E-state index contributed by atoms with van der Waals surface area (Å²) in [6.45, 7) is 3.12. The normalized spacial score (nSPS) is 15.7. The lowest BCUT2D eigenvalue weighted by Crippen LogP contribution is -2.44. The Morgan fingerprint density at radius 3 is 2.29 bits per heavy atom. The molecule has 0 aliphatic carbocycles. The van der Waals surface area contributed by atoms with Gasteiger partial charge >= 0.3 is 6.18 Å². The summed E-state index contributed by atoms with van der Waals surface area (Å²) in [6, 6.07) is 10.5. The predicted octanol–water partition coefficient (Wildman–Crippen LogP) is 2.37. The van der Waals surface area contributed by atoms with E-state index in [0.717, 1.165) is 50.1 Å². The molecule has 1 heterocycles. The third-order valence-electron chi connectivity index (χ3n) is 4.91. The molecule has 1 aliphatic heterocycles. The predicted molar refractivity (Wildman–Crippen MR) is 111 cm³/mol. The summed E-state index contributed by atoms with van der Waals surface area (Å²) in [5.41, 5.74) is 0.428. The van der Waals surface area contributed by atoms with Crippen LogP contribution in [0, 0.1) is 0 Å². The summed E-state index contributed by atoms with van der Waals surface area (Å²) < 4.78 is 64.9. The zero-order valence-electron chi connectivity index (χ0n) is 16.8. The molecule has 1 amide bonds. The van der Waals surface area contributed by atoms with Crippen molar-refractivity contribution in [3.63, 3.8) is 0 Å². The molecule has 0 unspecified atom stereocenters. The first-order chi connectivity index (χ1) is 14.5. The number of alkyl halides is 3. The Hall–Kier alpha value is -2.63. The van der Waals surface area contributed by atoms with E-state index in [1.807, 2.05) is 16.9 Å². The molecule has 11 heteroatoms. The average Bonchev–Trinajstić information content (AvgIpc) is 2.73. The van der Waals surface area contributed by atoms with Gasteiger partial charge in [-0.15, -0.1) is 0 Å². The molecule has 2 aromatic carbocycles. The number of sulfonamides is 1. The molecule has 31 heavy (non-hydrogen) atoms. The molecule has 0 radical (unpaired) electrons. The van der Waals surface area contributed by atoms with Gasteiger partial charge in [0.25, 0.3) is 0 Å². The minimum atomic E-state index is -4.67. The lowest BCUT2D eigenvalue weighted by Gasteiger charge is -2.34. The molecule has 0 spiro atoms. The third-order valence-corrected chi connectivity index (χ3v) is 6.31. The van der Waals surface area contributed by atoms with Crippen LogP contribution in [0.1, 0.15) is 5.56 Å². The maximum Gasteiger partial charge on any atom is 0.416 e. The number of carbonyl (C=O) groups excluding carboxylic acids is 1. The van der Waals surface area contributed by atoms with E-state index in [1.165, 1.54) is 0 Å². The van der Waals surface area contributed by atoms with E-state index >= 15 is 0 Å². The van der Waals surface area contributed by atoms with Crippen LogP contribution in [0.2, 0.25) is 0 Å². The standard InChI is InChI=1S/C20H23F3N4O3S/c1-26-9-11-27(12-10-26)17-7-5-16(6-8-17)25-19(28)14-24-31(29,30)18-4-2-3-15(13-18)20(21,22)23/h2-8,13,24H,9-12,14H2,1H3,(H,25,28). The number of hydrogen-bond acceptors (Lipinski definition) is 5. The van der Waals surface area contributed by atoms with Gasteiger partial charge in [-0.1, -0.05) is 6.07 Å². The number of nitrogens with zero attached hydrogens (tertiary/aromatic N) is 2. The van der Waals surface area contributed by atoms with Crippen molar-refractivity contribution < 1.29 is 26.4 Å².